The van der Waals surface area contributed by atoms with Gasteiger partial charge in [0.05, 0.1) is 11.7 Å². The summed E-state index contributed by atoms with van der Waals surface area (Å²) in [6, 6.07) is 10.5. The first-order chi connectivity index (χ1) is 15.8. The van der Waals surface area contributed by atoms with Gasteiger partial charge >= 0.3 is 6.18 Å². The Morgan fingerprint density at radius 2 is 1.67 bits per heavy atom. The lowest BCUT2D eigenvalue weighted by Crippen LogP contribution is -2.36. The minimum atomic E-state index is -4.35. The monoisotopic (exact) mass is 473 g/mol. The number of aryl methyl sites for hydroxylation is 1. The van der Waals surface area contributed by atoms with Crippen molar-refractivity contribution < 1.29 is 18.3 Å². The largest absolute Gasteiger partial charge is 0.416 e. The molecule has 1 saturated heterocycles. The second-order valence-electron chi connectivity index (χ2n) is 9.76. The number of benzene rings is 2. The van der Waals surface area contributed by atoms with Gasteiger partial charge < -0.3 is 10.0 Å². The third kappa shape index (κ3) is 4.89. The highest BCUT2D eigenvalue weighted by molar-refractivity contribution is 7.99. The first-order valence-electron chi connectivity index (χ1n) is 11.9. The fraction of sp³-hybridized carbons (Fsp3) is 0.481. The molecule has 2 aliphatic heterocycles. The van der Waals surface area contributed by atoms with Crippen molar-refractivity contribution in [2.45, 2.75) is 67.5 Å². The number of nitrogens with zero attached hydrogens (tertiary/aromatic N) is 1. The fourth-order valence-electron chi connectivity index (χ4n) is 5.50. The molecule has 2 fully saturated rings. The van der Waals surface area contributed by atoms with Gasteiger partial charge in [-0.3, -0.25) is 0 Å². The zero-order valence-corrected chi connectivity index (χ0v) is 19.7. The van der Waals surface area contributed by atoms with Gasteiger partial charge in [-0.2, -0.15) is 13.2 Å². The third-order valence-corrected chi connectivity index (χ3v) is 8.48. The molecule has 0 atom stereocenters. The number of hydrogen-bond acceptors (Lipinski definition) is 3. The van der Waals surface area contributed by atoms with Gasteiger partial charge in [0.25, 0.3) is 0 Å². The van der Waals surface area contributed by atoms with Crippen LogP contribution in [-0.4, -0.2) is 35.7 Å². The van der Waals surface area contributed by atoms with E-state index >= 15 is 0 Å². The van der Waals surface area contributed by atoms with Crippen molar-refractivity contribution in [3.63, 3.8) is 0 Å². The molecule has 1 saturated carbocycles. The van der Waals surface area contributed by atoms with E-state index in [9.17, 15) is 18.3 Å². The van der Waals surface area contributed by atoms with Crippen LogP contribution in [0.2, 0.25) is 0 Å². The van der Waals surface area contributed by atoms with Gasteiger partial charge in [0.2, 0.25) is 0 Å². The summed E-state index contributed by atoms with van der Waals surface area (Å²) in [7, 11) is 0. The predicted molar refractivity (Wildman–Crippen MR) is 126 cm³/mol. The molecule has 6 heteroatoms. The molecule has 1 aliphatic carbocycles. The number of hydrogen-bond donors (Lipinski definition) is 1. The Hall–Kier alpha value is -1.76. The Morgan fingerprint density at radius 1 is 0.939 bits per heavy atom. The number of alkyl halides is 3. The number of likely N-dealkylation sites (tertiary alicyclic amines) is 1. The lowest BCUT2D eigenvalue weighted by atomic mass is 9.85. The van der Waals surface area contributed by atoms with E-state index in [0.717, 1.165) is 90.2 Å². The lowest BCUT2D eigenvalue weighted by Gasteiger charge is -2.35. The van der Waals surface area contributed by atoms with Crippen molar-refractivity contribution in [2.75, 3.05) is 19.6 Å². The molecule has 0 bridgehead atoms. The highest BCUT2D eigenvalue weighted by Crippen LogP contribution is 2.49. The molecule has 33 heavy (non-hydrogen) atoms. The summed E-state index contributed by atoms with van der Waals surface area (Å²) in [4.78, 5) is 4.55. The first-order valence-corrected chi connectivity index (χ1v) is 12.7. The standard InChI is InChI=1S/C27H30F3NOS/c1-17-2-8-22-25(14-17)33-24-9-5-20(27(28,29)30)15-23(24)26(22)19-10-12-31(13-11-19)16-18-3-6-21(32)7-4-18/h2,5,8-9,14-15,18,21,32H,3-4,6-7,10-13,16H2,1H3. The fourth-order valence-corrected chi connectivity index (χ4v) is 6.67. The quantitative estimate of drug-likeness (QED) is 0.437. The number of fused-ring (bicyclic) bond motifs is 2. The topological polar surface area (TPSA) is 23.5 Å². The molecule has 0 amide bonds. The summed E-state index contributed by atoms with van der Waals surface area (Å²) in [5, 5.41) is 9.77. The van der Waals surface area contributed by atoms with Crippen molar-refractivity contribution in [3.8, 4) is 0 Å². The Morgan fingerprint density at radius 3 is 2.36 bits per heavy atom. The van der Waals surface area contributed by atoms with E-state index in [1.807, 2.05) is 0 Å². The molecule has 0 spiro atoms. The number of piperidine rings is 1. The number of halogens is 3. The Balaban J connectivity index is 1.44. The summed E-state index contributed by atoms with van der Waals surface area (Å²) in [6.45, 7) is 5.01. The van der Waals surface area contributed by atoms with Gasteiger partial charge in [-0.15, -0.1) is 0 Å². The van der Waals surface area contributed by atoms with E-state index < -0.39 is 11.7 Å². The van der Waals surface area contributed by atoms with Gasteiger partial charge in [-0.1, -0.05) is 29.5 Å². The molecule has 3 aliphatic rings. The van der Waals surface area contributed by atoms with Crippen LogP contribution in [0.4, 0.5) is 13.2 Å². The second kappa shape index (κ2) is 9.12. The van der Waals surface area contributed by atoms with Crippen LogP contribution in [0.25, 0.3) is 5.57 Å². The molecule has 0 aromatic heterocycles. The number of aliphatic hydroxyl groups excluding tert-OH is 1. The molecule has 1 N–H and O–H groups in total. The third-order valence-electron chi connectivity index (χ3n) is 7.35. The van der Waals surface area contributed by atoms with Gasteiger partial charge in [0.15, 0.2) is 0 Å². The molecule has 2 heterocycles. The average Bonchev–Trinajstić information content (AvgIpc) is 2.78. The van der Waals surface area contributed by atoms with Crippen LogP contribution in [0.5, 0.6) is 0 Å². The smallest absolute Gasteiger partial charge is 0.393 e. The molecule has 5 rings (SSSR count). The molecule has 0 radical (unpaired) electrons. The van der Waals surface area contributed by atoms with Gasteiger partial charge in [0.1, 0.15) is 0 Å². The number of rotatable bonds is 2. The number of aliphatic hydroxyl groups is 1. The minimum Gasteiger partial charge on any atom is -0.393 e. The Kier molecular flexibility index (Phi) is 6.36. The Bertz CT molecular complexity index is 1060. The maximum atomic E-state index is 13.5. The van der Waals surface area contributed by atoms with E-state index in [2.05, 4.69) is 30.0 Å². The zero-order chi connectivity index (χ0) is 23.2. The maximum absolute atomic E-state index is 13.5. The van der Waals surface area contributed by atoms with Crippen molar-refractivity contribution in [1.82, 2.24) is 4.90 Å². The molecule has 2 aromatic rings. The van der Waals surface area contributed by atoms with Gasteiger partial charge in [-0.05, 0) is 97.9 Å². The van der Waals surface area contributed by atoms with E-state index in [4.69, 9.17) is 0 Å². The summed E-state index contributed by atoms with van der Waals surface area (Å²) in [5.74, 6) is 0.646. The van der Waals surface area contributed by atoms with Crippen LogP contribution >= 0.6 is 11.8 Å². The zero-order valence-electron chi connectivity index (χ0n) is 18.9. The molecule has 0 unspecified atom stereocenters. The Labute approximate surface area is 197 Å². The molecule has 176 valence electrons. The predicted octanol–water partition coefficient (Wildman–Crippen LogP) is 6.93. The normalized spacial score (nSPS) is 23.9. The highest BCUT2D eigenvalue weighted by Gasteiger charge is 2.34. The van der Waals surface area contributed by atoms with Crippen LogP contribution < -0.4 is 0 Å². The van der Waals surface area contributed by atoms with Crippen LogP contribution in [-0.2, 0) is 6.18 Å². The van der Waals surface area contributed by atoms with Crippen LogP contribution in [0.3, 0.4) is 0 Å². The van der Waals surface area contributed by atoms with E-state index in [-0.39, 0.29) is 6.10 Å². The van der Waals surface area contributed by atoms with Gasteiger partial charge in [0, 0.05) is 29.4 Å². The van der Waals surface area contributed by atoms with Crippen molar-refractivity contribution >= 4 is 17.3 Å². The lowest BCUT2D eigenvalue weighted by molar-refractivity contribution is -0.137. The van der Waals surface area contributed by atoms with E-state index in [1.165, 1.54) is 17.7 Å². The second-order valence-corrected chi connectivity index (χ2v) is 10.8. The molecular formula is C27H30F3NOS. The summed E-state index contributed by atoms with van der Waals surface area (Å²) < 4.78 is 40.6. The molecule has 2 nitrogen and oxygen atoms in total. The van der Waals surface area contributed by atoms with Crippen molar-refractivity contribution in [3.05, 3.63) is 64.2 Å². The first kappa shape index (κ1) is 23.0. The summed E-state index contributed by atoms with van der Waals surface area (Å²) in [6.07, 6.45) is 1.27. The average molecular weight is 474 g/mol. The summed E-state index contributed by atoms with van der Waals surface area (Å²) in [5.41, 5.74) is 4.68. The van der Waals surface area contributed by atoms with Crippen LogP contribution in [0.1, 0.15) is 60.8 Å². The van der Waals surface area contributed by atoms with E-state index in [0.29, 0.717) is 5.92 Å². The van der Waals surface area contributed by atoms with Crippen molar-refractivity contribution in [1.29, 1.82) is 0 Å². The van der Waals surface area contributed by atoms with Gasteiger partial charge in [-0.25, -0.2) is 0 Å². The molecular weight excluding hydrogens is 443 g/mol. The maximum Gasteiger partial charge on any atom is 0.416 e. The molecule has 2 aromatic carbocycles. The summed E-state index contributed by atoms with van der Waals surface area (Å²) >= 11 is 1.58. The van der Waals surface area contributed by atoms with Crippen LogP contribution in [0.15, 0.2) is 51.8 Å². The van der Waals surface area contributed by atoms with Crippen LogP contribution in [0, 0.1) is 12.8 Å². The van der Waals surface area contributed by atoms with E-state index in [1.54, 1.807) is 17.8 Å². The highest BCUT2D eigenvalue weighted by atomic mass is 32.2. The SMILES string of the molecule is Cc1ccc2c(c1)Sc1ccc(C(F)(F)F)cc1C2=C1CCN(CC2CCC(O)CC2)CC1. The van der Waals surface area contributed by atoms with Crippen molar-refractivity contribution in [2.24, 2.45) is 5.92 Å². The minimum absolute atomic E-state index is 0.131.